The minimum atomic E-state index is -1.47. The van der Waals surface area contributed by atoms with Crippen molar-refractivity contribution in [2.24, 2.45) is 10.9 Å². The Morgan fingerprint density at radius 3 is 2.93 bits per heavy atom. The van der Waals surface area contributed by atoms with Gasteiger partial charge in [-0.15, -0.1) is 0 Å². The molecule has 134 valence electrons. The Morgan fingerprint density at radius 2 is 2.11 bits per heavy atom. The third-order valence-electron chi connectivity index (χ3n) is 5.11. The van der Waals surface area contributed by atoms with Gasteiger partial charge in [-0.2, -0.15) is 5.10 Å². The number of aromatic nitrogens is 2. The number of ether oxygens (including phenoxy) is 1. The number of para-hydroxylation sites is 1. The Kier molecular flexibility index (Phi) is 3.19. The highest BCUT2D eigenvalue weighted by atomic mass is 16.5. The molecule has 3 N–H and O–H groups in total. The highest BCUT2D eigenvalue weighted by Crippen LogP contribution is 2.37. The third-order valence-corrected chi connectivity index (χ3v) is 5.11. The van der Waals surface area contributed by atoms with Gasteiger partial charge in [-0.25, -0.2) is 9.78 Å². The predicted molar refractivity (Wildman–Crippen MR) is 97.1 cm³/mol. The van der Waals surface area contributed by atoms with Gasteiger partial charge in [-0.05, 0) is 12.1 Å². The molecule has 0 aliphatic carbocycles. The molecule has 8 nitrogen and oxygen atoms in total. The summed E-state index contributed by atoms with van der Waals surface area (Å²) in [5.41, 5.74) is 3.80. The first-order valence-corrected chi connectivity index (χ1v) is 8.36. The molecule has 0 saturated carbocycles. The number of cyclic esters (lactones) is 1. The number of hydrogen-bond donors (Lipinski definition) is 2. The van der Waals surface area contributed by atoms with E-state index in [4.69, 9.17) is 15.6 Å². The number of pyridine rings is 2. The predicted octanol–water partition coefficient (Wildman–Crippen LogP) is 0.808. The van der Waals surface area contributed by atoms with Crippen LogP contribution in [0, 0.1) is 0 Å². The van der Waals surface area contributed by atoms with Crippen LogP contribution in [0.1, 0.15) is 28.4 Å². The summed E-state index contributed by atoms with van der Waals surface area (Å²) in [5.74, 6) is 4.65. The first kappa shape index (κ1) is 15.7. The lowest BCUT2D eigenvalue weighted by Gasteiger charge is -2.21. The minimum Gasteiger partial charge on any atom is -0.458 e. The molecule has 0 saturated heterocycles. The molecule has 0 unspecified atom stereocenters. The number of aliphatic hydroxyl groups excluding tert-OH is 1. The van der Waals surface area contributed by atoms with E-state index in [0.29, 0.717) is 17.9 Å². The van der Waals surface area contributed by atoms with Crippen molar-refractivity contribution in [2.45, 2.75) is 19.3 Å². The van der Waals surface area contributed by atoms with E-state index < -0.39 is 12.1 Å². The summed E-state index contributed by atoms with van der Waals surface area (Å²) in [6.07, 6.45) is 0.0863. The third kappa shape index (κ3) is 2.07. The van der Waals surface area contributed by atoms with Crippen molar-refractivity contribution in [3.05, 3.63) is 62.9 Å². The number of rotatable bonds is 1. The molecule has 2 aliphatic heterocycles. The van der Waals surface area contributed by atoms with Crippen molar-refractivity contribution in [1.82, 2.24) is 9.55 Å². The van der Waals surface area contributed by atoms with Gasteiger partial charge < -0.3 is 20.3 Å². The van der Waals surface area contributed by atoms with Crippen LogP contribution in [0.25, 0.3) is 22.3 Å². The van der Waals surface area contributed by atoms with E-state index >= 15 is 0 Å². The zero-order valence-electron chi connectivity index (χ0n) is 14.0. The van der Waals surface area contributed by atoms with E-state index in [0.717, 1.165) is 22.0 Å². The van der Waals surface area contributed by atoms with E-state index in [1.807, 2.05) is 24.3 Å². The first-order valence-electron chi connectivity index (χ1n) is 8.36. The number of esters is 1. The number of nitrogens with zero attached hydrogens (tertiary/aromatic N) is 3. The molecule has 2 aromatic heterocycles. The second-order valence-electron chi connectivity index (χ2n) is 6.51. The SMILES string of the molecule is N/N=C/c1c2c(nc3ccccc13)-c1cc3c(c(=O)n1C2)COC(=O)[C@H]3O. The van der Waals surface area contributed by atoms with Gasteiger partial charge in [0.2, 0.25) is 0 Å². The van der Waals surface area contributed by atoms with Crippen LogP contribution in [0.5, 0.6) is 0 Å². The highest BCUT2D eigenvalue weighted by Gasteiger charge is 2.34. The number of aliphatic hydroxyl groups is 1. The second kappa shape index (κ2) is 5.49. The minimum absolute atomic E-state index is 0.146. The number of carbonyl (C=O) groups is 1. The Bertz CT molecular complexity index is 1230. The molecule has 0 bridgehead atoms. The van der Waals surface area contributed by atoms with E-state index in [-0.39, 0.29) is 23.3 Å². The average molecular weight is 362 g/mol. The average Bonchev–Trinajstić information content (AvgIpc) is 3.04. The van der Waals surface area contributed by atoms with Crippen LogP contribution in [0.15, 0.2) is 40.2 Å². The number of fused-ring (bicyclic) bond motifs is 5. The van der Waals surface area contributed by atoms with Crippen molar-refractivity contribution in [1.29, 1.82) is 0 Å². The smallest absolute Gasteiger partial charge is 0.340 e. The second-order valence-corrected chi connectivity index (χ2v) is 6.51. The number of carbonyl (C=O) groups excluding carboxylic acids is 1. The van der Waals surface area contributed by atoms with Gasteiger partial charge in [0, 0.05) is 22.1 Å². The fourth-order valence-electron chi connectivity index (χ4n) is 3.83. The summed E-state index contributed by atoms with van der Waals surface area (Å²) in [5, 5.41) is 14.7. The van der Waals surface area contributed by atoms with Crippen LogP contribution in [0.3, 0.4) is 0 Å². The summed E-state index contributed by atoms with van der Waals surface area (Å²) in [7, 11) is 0. The van der Waals surface area contributed by atoms with E-state index in [1.54, 1.807) is 16.8 Å². The fourth-order valence-corrected chi connectivity index (χ4v) is 3.83. The maximum Gasteiger partial charge on any atom is 0.340 e. The highest BCUT2D eigenvalue weighted by molar-refractivity contribution is 6.02. The molecule has 5 rings (SSSR count). The molecule has 8 heteroatoms. The van der Waals surface area contributed by atoms with Crippen LogP contribution in [-0.2, 0) is 22.7 Å². The lowest BCUT2D eigenvalue weighted by atomic mass is 9.99. The molecule has 3 aromatic rings. The summed E-state index contributed by atoms with van der Waals surface area (Å²) in [6, 6.07) is 9.22. The molecule has 0 spiro atoms. The molecular formula is C19H14N4O4. The maximum atomic E-state index is 13.0. The van der Waals surface area contributed by atoms with Crippen molar-refractivity contribution in [3.63, 3.8) is 0 Å². The van der Waals surface area contributed by atoms with Crippen LogP contribution < -0.4 is 11.4 Å². The monoisotopic (exact) mass is 362 g/mol. The standard InChI is InChI=1S/C19H14N4O4/c20-21-6-11-9-3-1-2-4-14(9)22-16-12(11)7-23-15(16)5-10-13(18(23)25)8-27-19(26)17(10)24/h1-6,17,24H,7-8,20H2/b21-6+/t17-/m0/s1. The zero-order valence-corrected chi connectivity index (χ0v) is 14.0. The van der Waals surface area contributed by atoms with Crippen molar-refractivity contribution >= 4 is 23.1 Å². The molecular weight excluding hydrogens is 348 g/mol. The maximum absolute atomic E-state index is 13.0. The first-order chi connectivity index (χ1) is 13.1. The number of benzene rings is 1. The quantitative estimate of drug-likeness (QED) is 0.224. The molecule has 1 aromatic carbocycles. The van der Waals surface area contributed by atoms with Gasteiger partial charge in [-0.3, -0.25) is 4.79 Å². The van der Waals surface area contributed by atoms with E-state index in [9.17, 15) is 14.7 Å². The van der Waals surface area contributed by atoms with Crippen LogP contribution in [-0.4, -0.2) is 26.8 Å². The van der Waals surface area contributed by atoms with E-state index in [2.05, 4.69) is 5.10 Å². The Hall–Kier alpha value is -3.52. The molecule has 2 aliphatic rings. The summed E-state index contributed by atoms with van der Waals surface area (Å²) < 4.78 is 6.48. The van der Waals surface area contributed by atoms with Gasteiger partial charge >= 0.3 is 5.97 Å². The number of hydrazone groups is 1. The number of hydrogen-bond acceptors (Lipinski definition) is 7. The van der Waals surface area contributed by atoms with Gasteiger partial charge in [-0.1, -0.05) is 18.2 Å². The lowest BCUT2D eigenvalue weighted by Crippen LogP contribution is -2.32. The topological polar surface area (TPSA) is 120 Å². The molecule has 0 amide bonds. The van der Waals surface area contributed by atoms with Crippen molar-refractivity contribution in [3.8, 4) is 11.4 Å². The largest absolute Gasteiger partial charge is 0.458 e. The molecule has 27 heavy (non-hydrogen) atoms. The van der Waals surface area contributed by atoms with Crippen molar-refractivity contribution in [2.75, 3.05) is 0 Å². The lowest BCUT2D eigenvalue weighted by molar-refractivity contribution is -0.157. The van der Waals surface area contributed by atoms with Gasteiger partial charge in [0.05, 0.1) is 35.2 Å². The molecule has 1 atom stereocenters. The Labute approximate surface area is 152 Å². The summed E-state index contributed by atoms with van der Waals surface area (Å²) in [4.78, 5) is 29.4. The zero-order chi connectivity index (χ0) is 18.7. The summed E-state index contributed by atoms with van der Waals surface area (Å²) in [6.45, 7) is 0.160. The van der Waals surface area contributed by atoms with Gasteiger partial charge in [0.1, 0.15) is 6.61 Å². The Balaban J connectivity index is 1.84. The molecule has 0 fully saturated rings. The summed E-state index contributed by atoms with van der Waals surface area (Å²) >= 11 is 0. The Morgan fingerprint density at radius 1 is 1.30 bits per heavy atom. The van der Waals surface area contributed by atoms with E-state index in [1.165, 1.54) is 0 Å². The molecule has 4 heterocycles. The molecule has 0 radical (unpaired) electrons. The van der Waals surface area contributed by atoms with Gasteiger partial charge in [0.25, 0.3) is 5.56 Å². The van der Waals surface area contributed by atoms with Crippen LogP contribution in [0.2, 0.25) is 0 Å². The normalized spacial score (nSPS) is 17.7. The van der Waals surface area contributed by atoms with Gasteiger partial charge in [0.15, 0.2) is 6.10 Å². The fraction of sp³-hybridized carbons (Fsp3) is 0.158. The van der Waals surface area contributed by atoms with Crippen molar-refractivity contribution < 1.29 is 14.6 Å². The van der Waals surface area contributed by atoms with Crippen LogP contribution in [0.4, 0.5) is 0 Å². The number of nitrogens with two attached hydrogens (primary N) is 1. The van der Waals surface area contributed by atoms with Crippen LogP contribution >= 0.6 is 0 Å².